The summed E-state index contributed by atoms with van der Waals surface area (Å²) in [5.41, 5.74) is 8.48. The van der Waals surface area contributed by atoms with E-state index in [2.05, 4.69) is 31.2 Å². The standard InChI is InChI=1S/C20H25FN8/c1-28(18-5-3-4-16-14(18)10-23-27-16)19-15(21)11-22-20(26-19)25-13-6-7-17-12(8-13)9-24-29(17)2/h6-9,11,14,16,18,23,27H,3-5,10H2,1-2H3,(H,22,25,26). The molecule has 3 aromatic rings. The van der Waals surface area contributed by atoms with Crippen LogP contribution in [0.4, 0.5) is 21.8 Å². The number of nitrogens with zero attached hydrogens (tertiary/aromatic N) is 5. The molecule has 29 heavy (non-hydrogen) atoms. The Morgan fingerprint density at radius 3 is 3.07 bits per heavy atom. The van der Waals surface area contributed by atoms with Gasteiger partial charge < -0.3 is 10.2 Å². The molecule has 0 radical (unpaired) electrons. The molecule has 152 valence electrons. The van der Waals surface area contributed by atoms with Crippen LogP contribution in [-0.4, -0.2) is 45.4 Å². The number of rotatable bonds is 4. The molecule has 0 amide bonds. The zero-order chi connectivity index (χ0) is 20.0. The lowest BCUT2D eigenvalue weighted by Gasteiger charge is -2.39. The maximum atomic E-state index is 14.6. The van der Waals surface area contributed by atoms with Gasteiger partial charge >= 0.3 is 0 Å². The van der Waals surface area contributed by atoms with Gasteiger partial charge in [0.05, 0.1) is 17.9 Å². The third-order valence-electron chi connectivity index (χ3n) is 6.21. The van der Waals surface area contributed by atoms with E-state index in [-0.39, 0.29) is 6.04 Å². The molecule has 2 aromatic heterocycles. The molecule has 0 bridgehead atoms. The van der Waals surface area contributed by atoms with Gasteiger partial charge in [0, 0.05) is 49.7 Å². The van der Waals surface area contributed by atoms with Gasteiger partial charge in [0.1, 0.15) is 0 Å². The van der Waals surface area contributed by atoms with E-state index >= 15 is 0 Å². The molecule has 1 saturated carbocycles. The second-order valence-electron chi connectivity index (χ2n) is 7.94. The minimum absolute atomic E-state index is 0.236. The highest BCUT2D eigenvalue weighted by Crippen LogP contribution is 2.33. The number of nitrogens with one attached hydrogen (secondary N) is 3. The first-order valence-corrected chi connectivity index (χ1v) is 10.0. The van der Waals surface area contributed by atoms with Gasteiger partial charge in [0.25, 0.3) is 0 Å². The molecule has 1 aliphatic carbocycles. The summed E-state index contributed by atoms with van der Waals surface area (Å²) in [4.78, 5) is 10.6. The molecular weight excluding hydrogens is 371 g/mol. The molecule has 8 nitrogen and oxygen atoms in total. The summed E-state index contributed by atoms with van der Waals surface area (Å²) >= 11 is 0. The second kappa shape index (κ2) is 7.23. The van der Waals surface area contributed by atoms with Crippen LogP contribution in [0.1, 0.15) is 19.3 Å². The highest BCUT2D eigenvalue weighted by molar-refractivity contribution is 5.83. The summed E-state index contributed by atoms with van der Waals surface area (Å²) in [7, 11) is 3.84. The van der Waals surface area contributed by atoms with Gasteiger partial charge in [-0.2, -0.15) is 10.1 Å². The summed E-state index contributed by atoms with van der Waals surface area (Å²) in [6.45, 7) is 0.891. The van der Waals surface area contributed by atoms with Crippen molar-refractivity contribution >= 4 is 28.4 Å². The Bertz CT molecular complexity index is 1030. The van der Waals surface area contributed by atoms with Crippen LogP contribution in [0.2, 0.25) is 0 Å². The van der Waals surface area contributed by atoms with Crippen LogP contribution < -0.4 is 21.1 Å². The Labute approximate surface area is 168 Å². The number of hydrazine groups is 1. The highest BCUT2D eigenvalue weighted by Gasteiger charge is 2.39. The van der Waals surface area contributed by atoms with Crippen molar-refractivity contribution in [2.45, 2.75) is 31.3 Å². The Morgan fingerprint density at radius 1 is 1.28 bits per heavy atom. The number of halogens is 1. The maximum absolute atomic E-state index is 14.6. The Morgan fingerprint density at radius 2 is 2.17 bits per heavy atom. The summed E-state index contributed by atoms with van der Waals surface area (Å²) in [5.74, 6) is 0.753. The lowest BCUT2D eigenvalue weighted by Crippen LogP contribution is -2.47. The van der Waals surface area contributed by atoms with E-state index < -0.39 is 5.82 Å². The van der Waals surface area contributed by atoms with Crippen LogP contribution in [0.3, 0.4) is 0 Å². The normalized spacial score (nSPS) is 23.9. The van der Waals surface area contributed by atoms with Gasteiger partial charge in [0.15, 0.2) is 11.6 Å². The fourth-order valence-electron chi connectivity index (χ4n) is 4.68. The fourth-order valence-corrected chi connectivity index (χ4v) is 4.68. The SMILES string of the molecule is CN(c1nc(Nc2ccc3c(cnn3C)c2)ncc1F)C1CCCC2NNCC21. The maximum Gasteiger partial charge on any atom is 0.229 e. The number of anilines is 3. The van der Waals surface area contributed by atoms with Crippen molar-refractivity contribution < 1.29 is 4.39 Å². The molecule has 1 aromatic carbocycles. The van der Waals surface area contributed by atoms with E-state index in [0.29, 0.717) is 23.7 Å². The molecule has 3 N–H and O–H groups in total. The van der Waals surface area contributed by atoms with Gasteiger partial charge in [0.2, 0.25) is 5.95 Å². The van der Waals surface area contributed by atoms with Crippen molar-refractivity contribution in [2.24, 2.45) is 13.0 Å². The van der Waals surface area contributed by atoms with E-state index in [9.17, 15) is 4.39 Å². The molecule has 2 aliphatic rings. The molecule has 0 spiro atoms. The van der Waals surface area contributed by atoms with Crippen LogP contribution in [0.15, 0.2) is 30.6 Å². The predicted molar refractivity (Wildman–Crippen MR) is 110 cm³/mol. The van der Waals surface area contributed by atoms with E-state index in [1.807, 2.05) is 48.1 Å². The number of hydrogen-bond donors (Lipinski definition) is 3. The minimum atomic E-state index is -0.401. The summed E-state index contributed by atoms with van der Waals surface area (Å²) in [5, 5.41) is 8.48. The van der Waals surface area contributed by atoms with Crippen LogP contribution in [0, 0.1) is 11.7 Å². The molecule has 9 heteroatoms. The van der Waals surface area contributed by atoms with Gasteiger partial charge in [-0.05, 0) is 37.5 Å². The van der Waals surface area contributed by atoms with Gasteiger partial charge in [-0.3, -0.25) is 15.5 Å². The number of benzene rings is 1. The van der Waals surface area contributed by atoms with E-state index in [4.69, 9.17) is 0 Å². The minimum Gasteiger partial charge on any atom is -0.354 e. The molecule has 3 atom stereocenters. The lowest BCUT2D eigenvalue weighted by molar-refractivity contribution is 0.283. The molecule has 3 unspecified atom stereocenters. The Kier molecular flexibility index (Phi) is 4.56. The van der Waals surface area contributed by atoms with E-state index in [1.165, 1.54) is 6.20 Å². The van der Waals surface area contributed by atoms with Crippen LogP contribution in [0.25, 0.3) is 10.9 Å². The average molecular weight is 396 g/mol. The first-order chi connectivity index (χ1) is 14.1. The first kappa shape index (κ1) is 18.3. The van der Waals surface area contributed by atoms with Gasteiger partial charge in [-0.1, -0.05) is 0 Å². The summed E-state index contributed by atoms with van der Waals surface area (Å²) in [6, 6.07) is 6.59. The van der Waals surface area contributed by atoms with Crippen molar-refractivity contribution in [3.63, 3.8) is 0 Å². The average Bonchev–Trinajstić information content (AvgIpc) is 3.35. The molecule has 5 rings (SSSR count). The van der Waals surface area contributed by atoms with Crippen molar-refractivity contribution in [1.29, 1.82) is 0 Å². The quantitative estimate of drug-likeness (QED) is 0.624. The predicted octanol–water partition coefficient (Wildman–Crippen LogP) is 2.33. The Hall–Kier alpha value is -2.78. The summed E-state index contributed by atoms with van der Waals surface area (Å²) < 4.78 is 16.5. The van der Waals surface area contributed by atoms with Gasteiger partial charge in [-0.15, -0.1) is 0 Å². The Balaban J connectivity index is 1.40. The van der Waals surface area contributed by atoms with E-state index in [0.717, 1.165) is 42.4 Å². The smallest absolute Gasteiger partial charge is 0.229 e. The van der Waals surface area contributed by atoms with Crippen molar-refractivity contribution in [3.8, 4) is 0 Å². The number of hydrogen-bond acceptors (Lipinski definition) is 7. The molecular formula is C20H25FN8. The number of fused-ring (bicyclic) bond motifs is 2. The van der Waals surface area contributed by atoms with Crippen LogP contribution >= 0.6 is 0 Å². The monoisotopic (exact) mass is 396 g/mol. The van der Waals surface area contributed by atoms with Crippen LogP contribution in [-0.2, 0) is 7.05 Å². The van der Waals surface area contributed by atoms with Crippen molar-refractivity contribution in [3.05, 3.63) is 36.4 Å². The first-order valence-electron chi connectivity index (χ1n) is 10.0. The summed E-state index contributed by atoms with van der Waals surface area (Å²) in [6.07, 6.45) is 6.36. The molecule has 1 aliphatic heterocycles. The van der Waals surface area contributed by atoms with E-state index in [1.54, 1.807) is 0 Å². The van der Waals surface area contributed by atoms with Crippen molar-refractivity contribution in [2.75, 3.05) is 23.8 Å². The zero-order valence-corrected chi connectivity index (χ0v) is 16.6. The van der Waals surface area contributed by atoms with Gasteiger partial charge in [-0.25, -0.2) is 9.37 Å². The van der Waals surface area contributed by atoms with Crippen molar-refractivity contribution in [1.82, 2.24) is 30.6 Å². The van der Waals surface area contributed by atoms with Crippen LogP contribution in [0.5, 0.6) is 0 Å². The lowest BCUT2D eigenvalue weighted by atomic mass is 9.81. The number of aryl methyl sites for hydroxylation is 1. The highest BCUT2D eigenvalue weighted by atomic mass is 19.1. The molecule has 3 heterocycles. The topological polar surface area (TPSA) is 82.9 Å². The molecule has 2 fully saturated rings. The largest absolute Gasteiger partial charge is 0.354 e. The second-order valence-corrected chi connectivity index (χ2v) is 7.94. The number of aromatic nitrogens is 4. The fraction of sp³-hybridized carbons (Fsp3) is 0.450. The molecule has 1 saturated heterocycles. The third-order valence-corrected chi connectivity index (χ3v) is 6.21. The zero-order valence-electron chi connectivity index (χ0n) is 16.6. The third kappa shape index (κ3) is 3.30.